The van der Waals surface area contributed by atoms with E-state index in [1.165, 1.54) is 19.2 Å². The fraction of sp³-hybridized carbons (Fsp3) is 0.400. The Bertz CT molecular complexity index is 559. The lowest BCUT2D eigenvalue weighted by Crippen LogP contribution is -2.20. The smallest absolute Gasteiger partial charge is 0.293 e. The van der Waals surface area contributed by atoms with E-state index in [9.17, 15) is 18.5 Å². The molecule has 0 amide bonds. The largest absolute Gasteiger partial charge is 0.378 e. The van der Waals surface area contributed by atoms with Crippen molar-refractivity contribution in [1.29, 1.82) is 0 Å². The number of likely N-dealkylation sites (N-methyl/N-ethyl adjacent to an activating group) is 1. The zero-order chi connectivity index (χ0) is 14.5. The summed E-state index contributed by atoms with van der Waals surface area (Å²) in [5.41, 5.74) is 0.0164. The van der Waals surface area contributed by atoms with Crippen LogP contribution in [0.1, 0.15) is 0 Å². The van der Waals surface area contributed by atoms with Gasteiger partial charge in [-0.1, -0.05) is 0 Å². The second kappa shape index (κ2) is 6.45. The number of nitrogens with zero attached hydrogens (tertiary/aromatic N) is 1. The first-order valence-electron chi connectivity index (χ1n) is 5.53. The van der Waals surface area contributed by atoms with Gasteiger partial charge in [-0.15, -0.1) is 0 Å². The molecule has 0 saturated carbocycles. The maximum atomic E-state index is 11.6. The van der Waals surface area contributed by atoms with Crippen molar-refractivity contribution in [2.24, 2.45) is 0 Å². The van der Waals surface area contributed by atoms with E-state index in [1.54, 1.807) is 7.05 Å². The molecule has 106 valence electrons. The van der Waals surface area contributed by atoms with Crippen molar-refractivity contribution in [1.82, 2.24) is 10.0 Å². The molecule has 0 fully saturated rings. The normalized spacial score (nSPS) is 11.3. The van der Waals surface area contributed by atoms with E-state index in [0.29, 0.717) is 13.1 Å². The Kier molecular flexibility index (Phi) is 5.21. The summed E-state index contributed by atoms with van der Waals surface area (Å²) in [5, 5.41) is 16.7. The van der Waals surface area contributed by atoms with Gasteiger partial charge >= 0.3 is 0 Å². The SMILES string of the molecule is CNCCNc1ccc(S(=O)(=O)NC)cc1[N+](=O)[O-]. The van der Waals surface area contributed by atoms with E-state index in [-0.39, 0.29) is 16.3 Å². The van der Waals surface area contributed by atoms with Crippen LogP contribution in [0, 0.1) is 10.1 Å². The Morgan fingerprint density at radius 3 is 2.47 bits per heavy atom. The highest BCUT2D eigenvalue weighted by molar-refractivity contribution is 7.89. The number of rotatable bonds is 7. The van der Waals surface area contributed by atoms with Gasteiger partial charge in [0.2, 0.25) is 10.0 Å². The summed E-state index contributed by atoms with van der Waals surface area (Å²) in [7, 11) is -0.678. The second-order valence-electron chi connectivity index (χ2n) is 3.67. The van der Waals surface area contributed by atoms with Crippen molar-refractivity contribution in [3.05, 3.63) is 28.3 Å². The number of nitrogens with one attached hydrogen (secondary N) is 3. The highest BCUT2D eigenvalue weighted by atomic mass is 32.2. The van der Waals surface area contributed by atoms with Crippen molar-refractivity contribution in [3.63, 3.8) is 0 Å². The molecule has 8 nitrogen and oxygen atoms in total. The Labute approximate surface area is 111 Å². The van der Waals surface area contributed by atoms with Crippen molar-refractivity contribution in [2.75, 3.05) is 32.5 Å². The van der Waals surface area contributed by atoms with Crippen molar-refractivity contribution in [3.8, 4) is 0 Å². The van der Waals surface area contributed by atoms with Crippen LogP contribution in [0.2, 0.25) is 0 Å². The number of benzene rings is 1. The Morgan fingerprint density at radius 2 is 1.95 bits per heavy atom. The fourth-order valence-electron chi connectivity index (χ4n) is 1.42. The van der Waals surface area contributed by atoms with Gasteiger partial charge in [0.15, 0.2) is 0 Å². The van der Waals surface area contributed by atoms with E-state index < -0.39 is 14.9 Å². The average Bonchev–Trinajstić information content (AvgIpc) is 2.39. The maximum Gasteiger partial charge on any atom is 0.293 e. The van der Waals surface area contributed by atoms with Crippen LogP contribution in [0.4, 0.5) is 11.4 Å². The van der Waals surface area contributed by atoms with Crippen LogP contribution in [0.25, 0.3) is 0 Å². The third-order valence-electron chi connectivity index (χ3n) is 2.44. The van der Waals surface area contributed by atoms with Gasteiger partial charge < -0.3 is 10.6 Å². The van der Waals surface area contributed by atoms with E-state index >= 15 is 0 Å². The summed E-state index contributed by atoms with van der Waals surface area (Å²) in [6.07, 6.45) is 0. The van der Waals surface area contributed by atoms with Gasteiger partial charge in [-0.25, -0.2) is 13.1 Å². The zero-order valence-corrected chi connectivity index (χ0v) is 11.5. The lowest BCUT2D eigenvalue weighted by molar-refractivity contribution is -0.384. The minimum atomic E-state index is -3.69. The van der Waals surface area contributed by atoms with Crippen LogP contribution in [0.5, 0.6) is 0 Å². The first kappa shape index (κ1) is 15.3. The van der Waals surface area contributed by atoms with Crippen LogP contribution >= 0.6 is 0 Å². The second-order valence-corrected chi connectivity index (χ2v) is 5.56. The van der Waals surface area contributed by atoms with E-state index in [1.807, 2.05) is 0 Å². The molecule has 0 saturated heterocycles. The quantitative estimate of drug-likeness (QED) is 0.373. The number of nitro benzene ring substituents is 1. The molecule has 0 aliphatic heterocycles. The first-order chi connectivity index (χ1) is 8.92. The lowest BCUT2D eigenvalue weighted by atomic mass is 10.2. The average molecular weight is 288 g/mol. The summed E-state index contributed by atoms with van der Waals surface area (Å²) in [6, 6.07) is 3.74. The monoisotopic (exact) mass is 288 g/mol. The maximum absolute atomic E-state index is 11.6. The lowest BCUT2D eigenvalue weighted by Gasteiger charge is -2.08. The summed E-state index contributed by atoms with van der Waals surface area (Å²) in [4.78, 5) is 10.2. The van der Waals surface area contributed by atoms with Crippen LogP contribution in [0.3, 0.4) is 0 Å². The molecule has 1 aromatic rings. The van der Waals surface area contributed by atoms with Crippen LogP contribution < -0.4 is 15.4 Å². The summed E-state index contributed by atoms with van der Waals surface area (Å²) in [6.45, 7) is 1.13. The van der Waals surface area contributed by atoms with Crippen LogP contribution in [-0.2, 0) is 10.0 Å². The van der Waals surface area contributed by atoms with Crippen molar-refractivity contribution >= 4 is 21.4 Å². The van der Waals surface area contributed by atoms with Gasteiger partial charge in [-0.3, -0.25) is 10.1 Å². The molecule has 19 heavy (non-hydrogen) atoms. The minimum Gasteiger partial charge on any atom is -0.378 e. The molecule has 0 heterocycles. The Balaban J connectivity index is 3.12. The summed E-state index contributed by atoms with van der Waals surface area (Å²) >= 11 is 0. The van der Waals surface area contributed by atoms with Gasteiger partial charge in [0.25, 0.3) is 5.69 Å². The van der Waals surface area contributed by atoms with Crippen LogP contribution in [-0.4, -0.2) is 40.5 Å². The molecule has 0 aliphatic rings. The number of anilines is 1. The van der Waals surface area contributed by atoms with Gasteiger partial charge in [0, 0.05) is 19.2 Å². The highest BCUT2D eigenvalue weighted by Crippen LogP contribution is 2.27. The van der Waals surface area contributed by atoms with Crippen molar-refractivity contribution in [2.45, 2.75) is 4.90 Å². The predicted molar refractivity (Wildman–Crippen MR) is 71.8 cm³/mol. The molecule has 0 atom stereocenters. The third-order valence-corrected chi connectivity index (χ3v) is 3.85. The van der Waals surface area contributed by atoms with Gasteiger partial charge in [-0.05, 0) is 26.2 Å². The summed E-state index contributed by atoms with van der Waals surface area (Å²) < 4.78 is 25.3. The molecule has 9 heteroatoms. The van der Waals surface area contributed by atoms with Gasteiger partial charge in [0.1, 0.15) is 5.69 Å². The molecule has 3 N–H and O–H groups in total. The van der Waals surface area contributed by atoms with Gasteiger partial charge in [-0.2, -0.15) is 0 Å². The van der Waals surface area contributed by atoms with Crippen molar-refractivity contribution < 1.29 is 13.3 Å². The Hall–Kier alpha value is -1.71. The van der Waals surface area contributed by atoms with E-state index in [2.05, 4.69) is 15.4 Å². The molecule has 0 spiro atoms. The molecule has 0 radical (unpaired) electrons. The topological polar surface area (TPSA) is 113 Å². The molecule has 0 unspecified atom stereocenters. The minimum absolute atomic E-state index is 0.138. The fourth-order valence-corrected chi connectivity index (χ4v) is 2.17. The summed E-state index contributed by atoms with van der Waals surface area (Å²) in [5.74, 6) is 0. The third kappa shape index (κ3) is 3.88. The van der Waals surface area contributed by atoms with Gasteiger partial charge in [0.05, 0.1) is 9.82 Å². The highest BCUT2D eigenvalue weighted by Gasteiger charge is 2.19. The van der Waals surface area contributed by atoms with E-state index in [0.717, 1.165) is 6.07 Å². The first-order valence-corrected chi connectivity index (χ1v) is 7.01. The molecule has 1 rings (SSSR count). The van der Waals surface area contributed by atoms with Crippen LogP contribution in [0.15, 0.2) is 23.1 Å². The number of sulfonamides is 1. The number of nitro groups is 1. The molecular formula is C10H16N4O4S. The number of hydrogen-bond acceptors (Lipinski definition) is 6. The number of hydrogen-bond donors (Lipinski definition) is 3. The Morgan fingerprint density at radius 1 is 1.26 bits per heavy atom. The van der Waals surface area contributed by atoms with E-state index in [4.69, 9.17) is 0 Å². The molecular weight excluding hydrogens is 272 g/mol. The molecule has 1 aromatic carbocycles. The zero-order valence-electron chi connectivity index (χ0n) is 10.6. The standard InChI is InChI=1S/C10H16N4O4S/c1-11-5-6-13-9-4-3-8(19(17,18)12-2)7-10(9)14(15)16/h3-4,7,11-13H,5-6H2,1-2H3. The molecule has 0 aromatic heterocycles. The predicted octanol–water partition coefficient (Wildman–Crippen LogP) is 0.134. The molecule has 0 bridgehead atoms. The molecule has 0 aliphatic carbocycles.